The maximum atomic E-state index is 13.6. The highest BCUT2D eigenvalue weighted by Gasteiger charge is 2.57. The number of benzene rings is 1. The number of piperidine rings is 1. The molecule has 1 unspecified atom stereocenters. The monoisotopic (exact) mass is 402 g/mol. The summed E-state index contributed by atoms with van der Waals surface area (Å²) in [4.78, 5) is 13.6. The molecule has 1 heterocycles. The first-order valence-corrected chi connectivity index (χ1v) is 11.3. The van der Waals surface area contributed by atoms with Crippen LogP contribution >= 0.6 is 0 Å². The minimum atomic E-state index is -0.505. The number of nitrogens with one attached hydrogen (secondary N) is 1. The fourth-order valence-electron chi connectivity index (χ4n) is 5.58. The van der Waals surface area contributed by atoms with Crippen molar-refractivity contribution in [1.29, 1.82) is 0 Å². The van der Waals surface area contributed by atoms with Gasteiger partial charge in [-0.15, -0.1) is 0 Å². The molecule has 162 valence electrons. The Labute approximate surface area is 176 Å². The van der Waals surface area contributed by atoms with E-state index in [1.54, 1.807) is 0 Å². The molecule has 1 aromatic rings. The smallest absolute Gasteiger partial charge is 0.282 e. The number of hydrogen-bond donors (Lipinski definition) is 3. The Morgan fingerprint density at radius 3 is 2.52 bits per heavy atom. The lowest BCUT2D eigenvalue weighted by Crippen LogP contribution is -2.69. The summed E-state index contributed by atoms with van der Waals surface area (Å²) in [6.07, 6.45) is 5.41. The molecule has 29 heavy (non-hydrogen) atoms. The summed E-state index contributed by atoms with van der Waals surface area (Å²) in [5, 5.41) is 15.1. The van der Waals surface area contributed by atoms with Gasteiger partial charge in [-0.25, -0.2) is 5.21 Å². The first-order valence-electron chi connectivity index (χ1n) is 11.3. The first-order chi connectivity index (χ1) is 13.6. The van der Waals surface area contributed by atoms with Crippen molar-refractivity contribution in [3.8, 4) is 0 Å². The van der Waals surface area contributed by atoms with Crippen molar-refractivity contribution >= 4 is 5.91 Å². The molecular formula is C24H40N3O2+. The predicted molar refractivity (Wildman–Crippen MR) is 116 cm³/mol. The average Bonchev–Trinajstić information content (AvgIpc) is 2.64. The summed E-state index contributed by atoms with van der Waals surface area (Å²) in [5.41, 5.74) is 6.88. The molecule has 1 aliphatic heterocycles. The molecule has 0 bridgehead atoms. The summed E-state index contributed by atoms with van der Waals surface area (Å²) in [5.74, 6) is 0.875. The minimum Gasteiger partial charge on any atom is -0.346 e. The number of nitrogens with two attached hydrogens (primary N) is 1. The van der Waals surface area contributed by atoms with Crippen LogP contribution in [0.15, 0.2) is 30.3 Å². The fourth-order valence-corrected chi connectivity index (χ4v) is 5.58. The van der Waals surface area contributed by atoms with Gasteiger partial charge in [-0.05, 0) is 52.0 Å². The molecule has 1 amide bonds. The van der Waals surface area contributed by atoms with Crippen LogP contribution in [0.3, 0.4) is 0 Å². The molecule has 0 aromatic heterocycles. The second-order valence-corrected chi connectivity index (χ2v) is 10.5. The Kier molecular flexibility index (Phi) is 6.71. The van der Waals surface area contributed by atoms with Crippen molar-refractivity contribution in [2.24, 2.45) is 17.6 Å². The zero-order chi connectivity index (χ0) is 21.2. The number of amides is 1. The van der Waals surface area contributed by atoms with Gasteiger partial charge in [0, 0.05) is 23.9 Å². The molecule has 5 nitrogen and oxygen atoms in total. The zero-order valence-corrected chi connectivity index (χ0v) is 18.6. The lowest BCUT2D eigenvalue weighted by Gasteiger charge is -2.52. The van der Waals surface area contributed by atoms with Gasteiger partial charge in [0.1, 0.15) is 13.1 Å². The summed E-state index contributed by atoms with van der Waals surface area (Å²) >= 11 is 0. The Bertz CT molecular complexity index is 685. The molecule has 2 fully saturated rings. The van der Waals surface area contributed by atoms with Crippen LogP contribution in [0.2, 0.25) is 0 Å². The van der Waals surface area contributed by atoms with E-state index in [0.717, 1.165) is 12.8 Å². The molecule has 3 rings (SSSR count). The zero-order valence-electron chi connectivity index (χ0n) is 18.6. The van der Waals surface area contributed by atoms with Crippen molar-refractivity contribution in [3.63, 3.8) is 0 Å². The predicted octanol–water partition coefficient (Wildman–Crippen LogP) is 3.82. The number of fused-ring (bicyclic) bond motifs is 1. The van der Waals surface area contributed by atoms with Gasteiger partial charge in [-0.2, -0.15) is 4.65 Å². The summed E-state index contributed by atoms with van der Waals surface area (Å²) in [7, 11) is 0. The van der Waals surface area contributed by atoms with Gasteiger partial charge in [0.05, 0.1) is 5.92 Å². The molecule has 4 N–H and O–H groups in total. The number of carbonyl (C=O) groups is 1. The highest BCUT2D eigenvalue weighted by Crippen LogP contribution is 2.49. The Morgan fingerprint density at radius 2 is 1.90 bits per heavy atom. The molecule has 1 saturated heterocycles. The van der Waals surface area contributed by atoms with Crippen LogP contribution in [0.1, 0.15) is 71.3 Å². The molecule has 1 saturated carbocycles. The second kappa shape index (κ2) is 8.75. The number of hydrogen-bond acceptors (Lipinski definition) is 3. The molecule has 2 aliphatic rings. The summed E-state index contributed by atoms with van der Waals surface area (Å²) in [6, 6.07) is 9.89. The van der Waals surface area contributed by atoms with Gasteiger partial charge in [0.15, 0.2) is 0 Å². The topological polar surface area (TPSA) is 75.3 Å². The van der Waals surface area contributed by atoms with Gasteiger partial charge in [-0.3, -0.25) is 4.79 Å². The van der Waals surface area contributed by atoms with Gasteiger partial charge >= 0.3 is 0 Å². The number of quaternary nitrogens is 1. The molecule has 1 aromatic carbocycles. The minimum absolute atomic E-state index is 0.00253. The van der Waals surface area contributed by atoms with E-state index in [-0.39, 0.29) is 28.1 Å². The molecule has 0 spiro atoms. The maximum absolute atomic E-state index is 13.6. The molecule has 5 heteroatoms. The second-order valence-electron chi connectivity index (χ2n) is 10.5. The van der Waals surface area contributed by atoms with Gasteiger partial charge in [-0.1, -0.05) is 43.2 Å². The van der Waals surface area contributed by atoms with Gasteiger partial charge in [0.25, 0.3) is 5.91 Å². The van der Waals surface area contributed by atoms with E-state index in [2.05, 4.69) is 29.6 Å². The standard InChI is InChI=1S/C24H39N3O2/c1-17(25)14-15-27(29)16-19-12-8-9-13-20(19)21(18-10-6-5-7-11-18)22(27)23(28)26-24(2,3)4/h5-7,10-11,17,19-22,29H,8-9,12-16,25H2,1-4H3/p+1/t17?,19-,20+,21-,22+,27-/m1/s1. The third kappa shape index (κ3) is 5.19. The van der Waals surface area contributed by atoms with E-state index in [0.29, 0.717) is 31.3 Å². The van der Waals surface area contributed by atoms with Crippen LogP contribution in [0.25, 0.3) is 0 Å². The van der Waals surface area contributed by atoms with E-state index in [4.69, 9.17) is 5.73 Å². The maximum Gasteiger partial charge on any atom is 0.282 e. The molecular weight excluding hydrogens is 362 g/mol. The van der Waals surface area contributed by atoms with Crippen molar-refractivity contribution in [2.45, 2.75) is 83.3 Å². The van der Waals surface area contributed by atoms with Crippen LogP contribution in [0, 0.1) is 11.8 Å². The average molecular weight is 403 g/mol. The van der Waals surface area contributed by atoms with Crippen LogP contribution in [0.5, 0.6) is 0 Å². The molecule has 0 radical (unpaired) electrons. The highest BCUT2D eigenvalue weighted by molar-refractivity contribution is 5.82. The SMILES string of the molecule is CC(N)CC[N@@+]1(O)C[C@H]2CCCC[C@@H]2[C@@H](c2ccccc2)[C@H]1C(=O)NC(C)(C)C. The van der Waals surface area contributed by atoms with Crippen LogP contribution < -0.4 is 11.1 Å². The third-order valence-corrected chi connectivity index (χ3v) is 6.76. The van der Waals surface area contributed by atoms with Crippen LogP contribution in [0.4, 0.5) is 0 Å². The fraction of sp³-hybridized carbons (Fsp3) is 0.708. The number of likely N-dealkylation sites (tertiary alicyclic amines) is 1. The van der Waals surface area contributed by atoms with Crippen molar-refractivity contribution < 1.29 is 14.6 Å². The summed E-state index contributed by atoms with van der Waals surface area (Å²) in [6.45, 7) is 9.15. The number of hydroxylamine groups is 3. The number of carbonyl (C=O) groups excluding carboxylic acids is 1. The normalized spacial score (nSPS) is 33.6. The van der Waals surface area contributed by atoms with E-state index in [9.17, 15) is 10.0 Å². The third-order valence-electron chi connectivity index (χ3n) is 6.76. The van der Waals surface area contributed by atoms with Gasteiger partial charge in [0.2, 0.25) is 6.04 Å². The lowest BCUT2D eigenvalue weighted by molar-refractivity contribution is -1.12. The van der Waals surface area contributed by atoms with E-state index >= 15 is 0 Å². The molecule has 6 atom stereocenters. The van der Waals surface area contributed by atoms with Crippen molar-refractivity contribution in [2.75, 3.05) is 13.1 Å². The largest absolute Gasteiger partial charge is 0.346 e. The Morgan fingerprint density at radius 1 is 1.24 bits per heavy atom. The number of nitrogens with zero attached hydrogens (tertiary/aromatic N) is 1. The quantitative estimate of drug-likeness (QED) is 0.656. The van der Waals surface area contributed by atoms with E-state index in [1.165, 1.54) is 18.4 Å². The van der Waals surface area contributed by atoms with E-state index < -0.39 is 6.04 Å². The molecule has 1 aliphatic carbocycles. The van der Waals surface area contributed by atoms with E-state index in [1.807, 2.05) is 33.8 Å². The van der Waals surface area contributed by atoms with Crippen LogP contribution in [-0.4, -0.2) is 46.5 Å². The van der Waals surface area contributed by atoms with Crippen LogP contribution in [-0.2, 0) is 4.79 Å². The lowest BCUT2D eigenvalue weighted by atomic mass is 9.64. The van der Waals surface area contributed by atoms with Crippen molar-refractivity contribution in [1.82, 2.24) is 5.32 Å². The highest BCUT2D eigenvalue weighted by atomic mass is 16.5. The summed E-state index contributed by atoms with van der Waals surface area (Å²) < 4.78 is -0.190. The Hall–Kier alpha value is -1.43. The van der Waals surface area contributed by atoms with Gasteiger partial charge < -0.3 is 11.1 Å². The number of rotatable bonds is 5. The first kappa shape index (κ1) is 22.3. The Balaban J connectivity index is 2.05. The van der Waals surface area contributed by atoms with Crippen molar-refractivity contribution in [3.05, 3.63) is 35.9 Å².